The lowest BCUT2D eigenvalue weighted by Gasteiger charge is -2.49. The first-order valence-corrected chi connectivity index (χ1v) is 9.57. The molecule has 2 heterocycles. The lowest BCUT2D eigenvalue weighted by Crippen LogP contribution is -2.68. The fourth-order valence-corrected chi connectivity index (χ4v) is 3.58. The van der Waals surface area contributed by atoms with E-state index in [1.54, 1.807) is 0 Å². The highest BCUT2D eigenvalue weighted by Gasteiger charge is 2.56. The van der Waals surface area contributed by atoms with Crippen LogP contribution in [0.2, 0.25) is 0 Å². The first-order chi connectivity index (χ1) is 14.6. The van der Waals surface area contributed by atoms with Crippen molar-refractivity contribution in [3.05, 3.63) is 0 Å². The average molecular weight is 455 g/mol. The fourth-order valence-electron chi connectivity index (χ4n) is 3.58. The molecule has 1 amide bonds. The Morgan fingerprint density at radius 3 is 2.48 bits per heavy atom. The monoisotopic (exact) mass is 455 g/mol. The number of aliphatic hydroxyl groups excluding tert-OH is 7. The summed E-state index contributed by atoms with van der Waals surface area (Å²) < 4.78 is 21.0. The third-order valence-electron chi connectivity index (χ3n) is 5.13. The van der Waals surface area contributed by atoms with Crippen molar-refractivity contribution in [1.82, 2.24) is 5.32 Å². The number of hydrogen-bond donors (Lipinski definition) is 8. The molecule has 2 saturated heterocycles. The van der Waals surface area contributed by atoms with Crippen LogP contribution in [0.1, 0.15) is 13.3 Å². The molecule has 10 atom stereocenters. The highest BCUT2D eigenvalue weighted by atomic mass is 16.9. The Hall–Kier alpha value is -1.46. The maximum absolute atomic E-state index is 11.5. The first-order valence-electron chi connectivity index (χ1n) is 9.57. The molecule has 0 aromatic carbocycles. The third-order valence-corrected chi connectivity index (χ3v) is 5.13. The highest BCUT2D eigenvalue weighted by molar-refractivity contribution is 5.73. The van der Waals surface area contributed by atoms with Crippen molar-refractivity contribution < 1.29 is 64.3 Å². The predicted octanol–water partition coefficient (Wildman–Crippen LogP) is -5.32. The summed E-state index contributed by atoms with van der Waals surface area (Å²) in [6.07, 6.45) is -13.2. The van der Waals surface area contributed by atoms with Gasteiger partial charge in [-0.15, -0.1) is 0 Å². The van der Waals surface area contributed by atoms with Gasteiger partial charge in [0.15, 0.2) is 0 Å². The van der Waals surface area contributed by atoms with E-state index in [2.05, 4.69) is 5.32 Å². The summed E-state index contributed by atoms with van der Waals surface area (Å²) in [6.45, 7) is -0.840. The van der Waals surface area contributed by atoms with Crippen molar-refractivity contribution in [1.29, 1.82) is 0 Å². The fraction of sp³-hybridized carbons (Fsp3) is 0.882. The normalized spacial score (nSPS) is 40.6. The van der Waals surface area contributed by atoms with Crippen molar-refractivity contribution in [3.8, 4) is 0 Å². The van der Waals surface area contributed by atoms with Gasteiger partial charge in [-0.05, 0) is 0 Å². The number of carbonyl (C=O) groups excluding carboxylic acids is 2. The minimum Gasteiger partial charge on any atom is -0.410 e. The summed E-state index contributed by atoms with van der Waals surface area (Å²) in [4.78, 5) is 22.7. The molecule has 2 rings (SSSR count). The van der Waals surface area contributed by atoms with Gasteiger partial charge in [0.05, 0.1) is 38.4 Å². The molecule has 8 unspecified atom stereocenters. The SMILES string of the molecule is CC(=O)NC1C(O)CC(OC=O)(OC2C(O)COC(CO)C2O)OC1[C@@H](O)[C@H](O)CO. The molecule has 8 N–H and O–H groups in total. The molecule has 31 heavy (non-hydrogen) atoms. The van der Waals surface area contributed by atoms with Gasteiger partial charge >= 0.3 is 5.97 Å². The molecule has 2 aliphatic rings. The number of ether oxygens (including phenoxy) is 4. The number of nitrogens with one attached hydrogen (secondary N) is 1. The van der Waals surface area contributed by atoms with Crippen molar-refractivity contribution in [2.24, 2.45) is 0 Å². The van der Waals surface area contributed by atoms with E-state index < -0.39 is 86.4 Å². The Morgan fingerprint density at radius 2 is 1.94 bits per heavy atom. The second kappa shape index (κ2) is 10.9. The number of rotatable bonds is 9. The van der Waals surface area contributed by atoms with Crippen LogP contribution in [0.15, 0.2) is 0 Å². The molecule has 14 nitrogen and oxygen atoms in total. The zero-order valence-corrected chi connectivity index (χ0v) is 16.7. The van der Waals surface area contributed by atoms with Gasteiger partial charge in [-0.3, -0.25) is 9.59 Å². The smallest absolute Gasteiger partial charge is 0.332 e. The topological polar surface area (TPSA) is 225 Å². The molecule has 0 radical (unpaired) electrons. The zero-order valence-electron chi connectivity index (χ0n) is 16.7. The van der Waals surface area contributed by atoms with Crippen molar-refractivity contribution in [2.45, 2.75) is 74.2 Å². The second-order valence-electron chi connectivity index (χ2n) is 7.41. The second-order valence-corrected chi connectivity index (χ2v) is 7.41. The van der Waals surface area contributed by atoms with Crippen LogP contribution in [0.25, 0.3) is 0 Å². The standard InChI is InChI=1S/C17H29NO13/c1-7(22)18-12-8(23)2-17(29-6-21,31-16(12)13(26)9(24)3-19)30-15-10(25)5-28-11(4-20)14(15)27/h6,8-16,19-20,23-27H,2-5H2,1H3,(H,18,22)/t8?,9-,10?,11?,12?,13+,14?,15?,16?,17?/m1/s1. The van der Waals surface area contributed by atoms with Gasteiger partial charge in [0.1, 0.15) is 42.7 Å². The van der Waals surface area contributed by atoms with Crippen LogP contribution in [-0.2, 0) is 28.5 Å². The van der Waals surface area contributed by atoms with Gasteiger partial charge in [-0.25, -0.2) is 0 Å². The van der Waals surface area contributed by atoms with E-state index in [-0.39, 0.29) is 13.1 Å². The van der Waals surface area contributed by atoms with Crippen LogP contribution in [-0.4, -0.2) is 129 Å². The summed E-state index contributed by atoms with van der Waals surface area (Å²) in [7, 11) is 0. The Labute approximate surface area is 176 Å². The number of aliphatic hydroxyl groups is 7. The molecule has 14 heteroatoms. The Bertz CT molecular complexity index is 609. The van der Waals surface area contributed by atoms with Gasteiger partial charge in [0, 0.05) is 6.92 Å². The predicted molar refractivity (Wildman–Crippen MR) is 95.8 cm³/mol. The molecular weight excluding hydrogens is 426 g/mol. The maximum atomic E-state index is 11.5. The molecule has 180 valence electrons. The quantitative estimate of drug-likeness (QED) is 0.120. The summed E-state index contributed by atoms with van der Waals surface area (Å²) in [6, 6.07) is -1.31. The molecule has 0 aliphatic carbocycles. The van der Waals surface area contributed by atoms with Gasteiger partial charge in [0.2, 0.25) is 5.91 Å². The van der Waals surface area contributed by atoms with Crippen LogP contribution >= 0.6 is 0 Å². The number of amides is 1. The molecule has 2 fully saturated rings. The van der Waals surface area contributed by atoms with Gasteiger partial charge in [0.25, 0.3) is 6.47 Å². The Morgan fingerprint density at radius 1 is 1.26 bits per heavy atom. The van der Waals surface area contributed by atoms with E-state index in [1.165, 1.54) is 0 Å². The molecule has 0 spiro atoms. The van der Waals surface area contributed by atoms with E-state index in [4.69, 9.17) is 24.1 Å². The van der Waals surface area contributed by atoms with Gasteiger partial charge in [-0.1, -0.05) is 0 Å². The van der Waals surface area contributed by atoms with E-state index >= 15 is 0 Å². The third kappa shape index (κ3) is 5.87. The summed E-state index contributed by atoms with van der Waals surface area (Å²) >= 11 is 0. The number of carbonyl (C=O) groups is 2. The van der Waals surface area contributed by atoms with Crippen molar-refractivity contribution in [3.63, 3.8) is 0 Å². The molecule has 0 aromatic heterocycles. The van der Waals surface area contributed by atoms with Crippen LogP contribution in [0.4, 0.5) is 0 Å². The largest absolute Gasteiger partial charge is 0.410 e. The summed E-state index contributed by atoms with van der Waals surface area (Å²) in [5.41, 5.74) is 0. The lowest BCUT2D eigenvalue weighted by atomic mass is 9.91. The van der Waals surface area contributed by atoms with E-state index in [0.29, 0.717) is 0 Å². The average Bonchev–Trinajstić information content (AvgIpc) is 2.72. The van der Waals surface area contributed by atoms with Crippen LogP contribution in [0.3, 0.4) is 0 Å². The van der Waals surface area contributed by atoms with Crippen LogP contribution < -0.4 is 5.32 Å². The minimum atomic E-state index is -2.47. The highest BCUT2D eigenvalue weighted by Crippen LogP contribution is 2.36. The minimum absolute atomic E-state index is 0.0982. The Balaban J connectivity index is 2.36. The van der Waals surface area contributed by atoms with E-state index in [0.717, 1.165) is 6.92 Å². The van der Waals surface area contributed by atoms with E-state index in [1.807, 2.05) is 0 Å². The zero-order chi connectivity index (χ0) is 23.3. The summed E-state index contributed by atoms with van der Waals surface area (Å²) in [5, 5.41) is 72.1. The number of hydrogen-bond acceptors (Lipinski definition) is 13. The van der Waals surface area contributed by atoms with Crippen molar-refractivity contribution >= 4 is 12.4 Å². The Kier molecular flexibility index (Phi) is 9.08. The first kappa shape index (κ1) is 25.8. The molecule has 0 saturated carbocycles. The van der Waals surface area contributed by atoms with Crippen molar-refractivity contribution in [2.75, 3.05) is 19.8 Å². The van der Waals surface area contributed by atoms with Crippen LogP contribution in [0.5, 0.6) is 0 Å². The van der Waals surface area contributed by atoms with Gasteiger partial charge in [-0.2, -0.15) is 0 Å². The molecular formula is C17H29NO13. The molecule has 2 aliphatic heterocycles. The van der Waals surface area contributed by atoms with Gasteiger partial charge < -0.3 is 60.0 Å². The molecule has 0 aromatic rings. The molecule has 0 bridgehead atoms. The summed E-state index contributed by atoms with van der Waals surface area (Å²) in [5.74, 6) is -3.09. The van der Waals surface area contributed by atoms with Crippen LogP contribution in [0, 0.1) is 0 Å². The van der Waals surface area contributed by atoms with E-state index in [9.17, 15) is 40.2 Å². The lowest BCUT2D eigenvalue weighted by molar-refractivity contribution is -0.434. The maximum Gasteiger partial charge on any atom is 0.332 e.